The van der Waals surface area contributed by atoms with Gasteiger partial charge in [-0.1, -0.05) is 19.9 Å². The van der Waals surface area contributed by atoms with Crippen LogP contribution in [0.1, 0.15) is 19.5 Å². The average Bonchev–Trinajstić information content (AvgIpc) is 2.43. The number of ether oxygens (including phenoxy) is 1. The van der Waals surface area contributed by atoms with E-state index in [1.54, 1.807) is 38.2 Å². The van der Waals surface area contributed by atoms with Crippen molar-refractivity contribution in [3.63, 3.8) is 0 Å². The highest BCUT2D eigenvalue weighted by Crippen LogP contribution is 2.06. The lowest BCUT2D eigenvalue weighted by Crippen LogP contribution is -2.46. The summed E-state index contributed by atoms with van der Waals surface area (Å²) >= 11 is 0. The van der Waals surface area contributed by atoms with Crippen LogP contribution in [0.15, 0.2) is 24.4 Å². The second-order valence-corrected chi connectivity index (χ2v) is 6.63. The van der Waals surface area contributed by atoms with Gasteiger partial charge in [0.2, 0.25) is 10.0 Å². The van der Waals surface area contributed by atoms with Crippen molar-refractivity contribution in [3.05, 3.63) is 30.1 Å². The second-order valence-electron chi connectivity index (χ2n) is 4.75. The normalized spacial score (nSPS) is 13.2. The van der Waals surface area contributed by atoms with Crippen molar-refractivity contribution in [1.82, 2.24) is 9.71 Å². The van der Waals surface area contributed by atoms with E-state index in [1.807, 2.05) is 0 Å². The van der Waals surface area contributed by atoms with Crippen molar-refractivity contribution in [1.29, 1.82) is 0 Å². The molecule has 0 fully saturated rings. The molecule has 0 spiro atoms. The molecular formula is C13H20N2O4S. The molecule has 0 aliphatic rings. The number of hydrogen-bond acceptors (Lipinski definition) is 5. The van der Waals surface area contributed by atoms with Crippen LogP contribution in [0, 0.1) is 5.92 Å². The number of rotatable bonds is 7. The van der Waals surface area contributed by atoms with Gasteiger partial charge >= 0.3 is 5.97 Å². The molecule has 6 nitrogen and oxygen atoms in total. The van der Waals surface area contributed by atoms with Crippen molar-refractivity contribution in [2.45, 2.75) is 26.3 Å². The standard InChI is InChI=1S/C13H20N2O4S/c1-10(2)12(13(16)19-3)15-20(17,18)9-7-11-6-4-5-8-14-11/h4-6,8,10,12,15H,7,9H2,1-3H3/t12-/m0/s1. The fraction of sp³-hybridized carbons (Fsp3) is 0.538. The predicted molar refractivity (Wildman–Crippen MR) is 75.5 cm³/mol. The molecule has 1 aromatic rings. The van der Waals surface area contributed by atoms with Crippen molar-refractivity contribution >= 4 is 16.0 Å². The van der Waals surface area contributed by atoms with Gasteiger partial charge in [0.25, 0.3) is 0 Å². The lowest BCUT2D eigenvalue weighted by Gasteiger charge is -2.19. The lowest BCUT2D eigenvalue weighted by molar-refractivity contribution is -0.143. The molecule has 7 heteroatoms. The first kappa shape index (κ1) is 16.6. The highest BCUT2D eigenvalue weighted by Gasteiger charge is 2.27. The molecule has 1 atom stereocenters. The van der Waals surface area contributed by atoms with Crippen LogP contribution in [0.4, 0.5) is 0 Å². The van der Waals surface area contributed by atoms with E-state index < -0.39 is 22.0 Å². The summed E-state index contributed by atoms with van der Waals surface area (Å²) in [7, 11) is -2.33. The Hall–Kier alpha value is -1.47. The van der Waals surface area contributed by atoms with Crippen molar-refractivity contribution in [3.8, 4) is 0 Å². The zero-order valence-corrected chi connectivity index (χ0v) is 12.7. The van der Waals surface area contributed by atoms with E-state index in [-0.39, 0.29) is 11.7 Å². The monoisotopic (exact) mass is 300 g/mol. The number of carbonyl (C=O) groups excluding carboxylic acids is 1. The van der Waals surface area contributed by atoms with Gasteiger partial charge in [-0.3, -0.25) is 9.78 Å². The van der Waals surface area contributed by atoms with Crippen LogP contribution in [0.25, 0.3) is 0 Å². The van der Waals surface area contributed by atoms with Gasteiger partial charge < -0.3 is 4.74 Å². The Morgan fingerprint density at radius 2 is 2.10 bits per heavy atom. The summed E-state index contributed by atoms with van der Waals surface area (Å²) in [4.78, 5) is 15.6. The van der Waals surface area contributed by atoms with E-state index in [4.69, 9.17) is 0 Å². The van der Waals surface area contributed by atoms with Crippen LogP contribution < -0.4 is 4.72 Å². The molecule has 0 radical (unpaired) electrons. The van der Waals surface area contributed by atoms with Crippen LogP contribution >= 0.6 is 0 Å². The minimum atomic E-state index is -3.57. The van der Waals surface area contributed by atoms with Gasteiger partial charge in [0.1, 0.15) is 6.04 Å². The lowest BCUT2D eigenvalue weighted by atomic mass is 10.1. The van der Waals surface area contributed by atoms with E-state index in [0.717, 1.165) is 0 Å². The van der Waals surface area contributed by atoms with Gasteiger partial charge in [-0.15, -0.1) is 0 Å². The molecule has 1 rings (SSSR count). The van der Waals surface area contributed by atoms with Gasteiger partial charge in [0, 0.05) is 18.3 Å². The number of methoxy groups -OCH3 is 1. The molecule has 0 amide bonds. The molecule has 112 valence electrons. The van der Waals surface area contributed by atoms with Gasteiger partial charge in [-0.2, -0.15) is 0 Å². The number of pyridine rings is 1. The van der Waals surface area contributed by atoms with Crippen LogP contribution in [-0.2, 0) is 26.0 Å². The summed E-state index contributed by atoms with van der Waals surface area (Å²) < 4.78 is 31.0. The molecule has 1 heterocycles. The summed E-state index contributed by atoms with van der Waals surface area (Å²) in [6, 6.07) is 4.46. The molecule has 0 aliphatic heterocycles. The Labute approximate surface area is 119 Å². The molecule has 0 aromatic carbocycles. The van der Waals surface area contributed by atoms with E-state index >= 15 is 0 Å². The zero-order chi connectivity index (χ0) is 15.2. The SMILES string of the molecule is COC(=O)[C@@H](NS(=O)(=O)CCc1ccccn1)C(C)C. The molecule has 0 saturated heterocycles. The van der Waals surface area contributed by atoms with Crippen LogP contribution in [0.3, 0.4) is 0 Å². The van der Waals surface area contributed by atoms with Crippen LogP contribution in [0.5, 0.6) is 0 Å². The Kier molecular flexibility index (Phi) is 6.09. The van der Waals surface area contributed by atoms with E-state index in [9.17, 15) is 13.2 Å². The number of sulfonamides is 1. The minimum absolute atomic E-state index is 0.121. The third-order valence-corrected chi connectivity index (χ3v) is 4.14. The maximum atomic E-state index is 12.0. The van der Waals surface area contributed by atoms with Crippen molar-refractivity contribution < 1.29 is 17.9 Å². The van der Waals surface area contributed by atoms with Crippen LogP contribution in [-0.4, -0.2) is 38.3 Å². The topological polar surface area (TPSA) is 85.4 Å². The first-order chi connectivity index (χ1) is 9.35. The molecule has 0 aliphatic carbocycles. The number of esters is 1. The van der Waals surface area contributed by atoms with Gasteiger partial charge in [-0.05, 0) is 18.1 Å². The summed E-state index contributed by atoms with van der Waals surface area (Å²) in [6.07, 6.45) is 1.91. The molecule has 1 N–H and O–H groups in total. The van der Waals surface area contributed by atoms with Crippen molar-refractivity contribution in [2.24, 2.45) is 5.92 Å². The highest BCUT2D eigenvalue weighted by molar-refractivity contribution is 7.89. The first-order valence-corrected chi connectivity index (χ1v) is 7.98. The third kappa shape index (κ3) is 5.26. The largest absolute Gasteiger partial charge is 0.468 e. The number of nitrogens with one attached hydrogen (secondary N) is 1. The Balaban J connectivity index is 2.66. The maximum absolute atomic E-state index is 12.0. The third-order valence-electron chi connectivity index (χ3n) is 2.78. The minimum Gasteiger partial charge on any atom is -0.468 e. The van der Waals surface area contributed by atoms with Crippen molar-refractivity contribution in [2.75, 3.05) is 12.9 Å². The highest BCUT2D eigenvalue weighted by atomic mass is 32.2. The number of aryl methyl sites for hydroxylation is 1. The number of hydrogen-bond donors (Lipinski definition) is 1. The number of nitrogens with zero attached hydrogens (tertiary/aromatic N) is 1. The zero-order valence-electron chi connectivity index (χ0n) is 11.9. The fourth-order valence-electron chi connectivity index (χ4n) is 1.62. The summed E-state index contributed by atoms with van der Waals surface area (Å²) in [5, 5.41) is 0. The van der Waals surface area contributed by atoms with E-state index in [0.29, 0.717) is 12.1 Å². The number of aromatic nitrogens is 1. The second kappa shape index (κ2) is 7.35. The number of carbonyl (C=O) groups is 1. The smallest absolute Gasteiger partial charge is 0.324 e. The molecule has 1 aromatic heterocycles. The summed E-state index contributed by atoms with van der Waals surface area (Å²) in [6.45, 7) is 3.51. The predicted octanol–water partition coefficient (Wildman–Crippen LogP) is 0.741. The van der Waals surface area contributed by atoms with E-state index in [1.165, 1.54) is 7.11 Å². The molecule has 0 bridgehead atoms. The summed E-state index contributed by atoms with van der Waals surface area (Å²) in [5.41, 5.74) is 0.692. The van der Waals surface area contributed by atoms with Gasteiger partial charge in [0.05, 0.1) is 12.9 Å². The Morgan fingerprint density at radius 1 is 1.40 bits per heavy atom. The average molecular weight is 300 g/mol. The fourth-order valence-corrected chi connectivity index (χ4v) is 2.97. The molecule has 0 saturated carbocycles. The van der Waals surface area contributed by atoms with E-state index in [2.05, 4.69) is 14.4 Å². The van der Waals surface area contributed by atoms with Crippen LogP contribution in [0.2, 0.25) is 0 Å². The van der Waals surface area contributed by atoms with Gasteiger partial charge in [-0.25, -0.2) is 13.1 Å². The summed E-state index contributed by atoms with van der Waals surface area (Å²) in [5.74, 6) is -0.891. The van der Waals surface area contributed by atoms with Gasteiger partial charge in [0.15, 0.2) is 0 Å². The maximum Gasteiger partial charge on any atom is 0.324 e. The Bertz CT molecular complexity index is 529. The Morgan fingerprint density at radius 3 is 2.60 bits per heavy atom. The quantitative estimate of drug-likeness (QED) is 0.751. The molecule has 20 heavy (non-hydrogen) atoms. The molecular weight excluding hydrogens is 280 g/mol. The molecule has 0 unspecified atom stereocenters. The first-order valence-electron chi connectivity index (χ1n) is 6.33.